The van der Waals surface area contributed by atoms with E-state index in [1.807, 2.05) is 0 Å². The van der Waals surface area contributed by atoms with Gasteiger partial charge in [-0.15, -0.1) is 0 Å². The first kappa shape index (κ1) is 12.6. The minimum absolute atomic E-state index is 0.0612. The lowest BCUT2D eigenvalue weighted by atomic mass is 9.48. The van der Waals surface area contributed by atoms with Crippen molar-refractivity contribution in [2.75, 3.05) is 0 Å². The minimum atomic E-state index is -0.427. The van der Waals surface area contributed by atoms with E-state index in [1.165, 1.54) is 30.0 Å². The van der Waals surface area contributed by atoms with Gasteiger partial charge in [-0.2, -0.15) is 5.10 Å². The van der Waals surface area contributed by atoms with Gasteiger partial charge >= 0.3 is 0 Å². The third-order valence-corrected chi connectivity index (χ3v) is 5.92. The summed E-state index contributed by atoms with van der Waals surface area (Å²) in [5.41, 5.74) is -0.0533. The van der Waals surface area contributed by atoms with Gasteiger partial charge in [0.2, 0.25) is 0 Å². The summed E-state index contributed by atoms with van der Waals surface area (Å²) in [6.07, 6.45) is 8.77. The predicted molar refractivity (Wildman–Crippen MR) is 75.1 cm³/mol. The molecule has 1 heterocycles. The molecule has 20 heavy (non-hydrogen) atoms. The molecule has 0 aromatic carbocycles. The first-order chi connectivity index (χ1) is 9.64. The average molecular weight is 274 g/mol. The van der Waals surface area contributed by atoms with E-state index < -0.39 is 6.10 Å². The predicted octanol–water partition coefficient (Wildman–Crippen LogP) is 1.82. The second-order valence-corrected chi connectivity index (χ2v) is 7.34. The maximum Gasteiger partial charge on any atom is 0.266 e. The zero-order valence-corrected chi connectivity index (χ0v) is 11.7. The molecular weight excluding hydrogens is 252 g/mol. The number of hydrogen-bond donors (Lipinski definition) is 1. The van der Waals surface area contributed by atoms with Crippen molar-refractivity contribution < 1.29 is 5.11 Å². The monoisotopic (exact) mass is 274 g/mol. The van der Waals surface area contributed by atoms with Crippen LogP contribution in [0.5, 0.6) is 0 Å². The minimum Gasteiger partial charge on any atom is -0.391 e. The number of rotatable bonds is 3. The van der Waals surface area contributed by atoms with Gasteiger partial charge < -0.3 is 5.11 Å². The van der Waals surface area contributed by atoms with E-state index in [-0.39, 0.29) is 11.0 Å². The van der Waals surface area contributed by atoms with E-state index in [9.17, 15) is 9.90 Å². The Hall–Kier alpha value is -1.16. The van der Waals surface area contributed by atoms with Crippen LogP contribution >= 0.6 is 0 Å². The molecule has 0 saturated heterocycles. The second-order valence-electron chi connectivity index (χ2n) is 7.34. The molecule has 4 bridgehead atoms. The van der Waals surface area contributed by atoms with E-state index in [0.29, 0.717) is 6.54 Å². The highest BCUT2D eigenvalue weighted by Crippen LogP contribution is 2.61. The van der Waals surface area contributed by atoms with E-state index in [4.69, 9.17) is 0 Å². The third kappa shape index (κ3) is 1.93. The van der Waals surface area contributed by atoms with Crippen LogP contribution in [0, 0.1) is 23.2 Å². The van der Waals surface area contributed by atoms with Crippen LogP contribution in [0.2, 0.25) is 0 Å². The van der Waals surface area contributed by atoms with Gasteiger partial charge in [0, 0.05) is 12.3 Å². The molecule has 4 fully saturated rings. The Morgan fingerprint density at radius 3 is 2.40 bits per heavy atom. The Morgan fingerprint density at radius 2 is 1.85 bits per heavy atom. The molecule has 1 aromatic rings. The molecule has 1 aromatic heterocycles. The fourth-order valence-corrected chi connectivity index (χ4v) is 5.47. The molecule has 0 spiro atoms. The summed E-state index contributed by atoms with van der Waals surface area (Å²) >= 11 is 0. The Balaban J connectivity index is 1.58. The topological polar surface area (TPSA) is 55.1 Å². The van der Waals surface area contributed by atoms with Crippen molar-refractivity contribution in [2.45, 2.75) is 51.2 Å². The van der Waals surface area contributed by atoms with Crippen LogP contribution in [-0.4, -0.2) is 21.0 Å². The van der Waals surface area contributed by atoms with Gasteiger partial charge in [0.15, 0.2) is 0 Å². The normalized spacial score (nSPS) is 40.0. The van der Waals surface area contributed by atoms with Crippen LogP contribution in [0.4, 0.5) is 0 Å². The Bertz CT molecular complexity index is 530. The maximum atomic E-state index is 11.8. The number of hydrogen-bond acceptors (Lipinski definition) is 3. The van der Waals surface area contributed by atoms with Crippen LogP contribution in [0.3, 0.4) is 0 Å². The first-order valence-electron chi connectivity index (χ1n) is 7.85. The van der Waals surface area contributed by atoms with E-state index in [2.05, 4.69) is 5.10 Å². The van der Waals surface area contributed by atoms with Gasteiger partial charge in [-0.25, -0.2) is 4.68 Å². The molecule has 1 atom stereocenters. The van der Waals surface area contributed by atoms with Crippen molar-refractivity contribution in [1.82, 2.24) is 9.78 Å². The smallest absolute Gasteiger partial charge is 0.266 e. The van der Waals surface area contributed by atoms with E-state index in [1.54, 1.807) is 12.3 Å². The zero-order chi connectivity index (χ0) is 13.7. The average Bonchev–Trinajstić information content (AvgIpc) is 2.40. The van der Waals surface area contributed by atoms with Gasteiger partial charge in [-0.1, -0.05) is 0 Å². The zero-order valence-electron chi connectivity index (χ0n) is 11.7. The van der Waals surface area contributed by atoms with Crippen molar-refractivity contribution in [3.05, 3.63) is 28.7 Å². The lowest BCUT2D eigenvalue weighted by molar-refractivity contribution is -0.125. The summed E-state index contributed by atoms with van der Waals surface area (Å²) in [4.78, 5) is 11.8. The second kappa shape index (κ2) is 4.42. The molecule has 0 radical (unpaired) electrons. The molecule has 4 nitrogen and oxygen atoms in total. The van der Waals surface area contributed by atoms with Crippen LogP contribution < -0.4 is 5.56 Å². The first-order valence-corrected chi connectivity index (χ1v) is 7.85. The molecule has 4 heteroatoms. The highest BCUT2D eigenvalue weighted by atomic mass is 16.3. The molecule has 4 aliphatic rings. The van der Waals surface area contributed by atoms with E-state index >= 15 is 0 Å². The van der Waals surface area contributed by atoms with Crippen molar-refractivity contribution in [3.63, 3.8) is 0 Å². The standard InChI is InChI=1S/C16H22N2O2/c19-14(10-18-15(20)2-1-3-17-18)16-7-11-4-12(8-16)6-13(5-11)9-16/h1-3,11-14,19H,4-10H2. The Morgan fingerprint density at radius 1 is 1.25 bits per heavy atom. The van der Waals surface area contributed by atoms with Crippen molar-refractivity contribution in [2.24, 2.45) is 23.2 Å². The largest absolute Gasteiger partial charge is 0.391 e. The van der Waals surface area contributed by atoms with Gasteiger partial charge in [0.1, 0.15) is 0 Å². The highest BCUT2D eigenvalue weighted by molar-refractivity contribution is 5.04. The molecular formula is C16H22N2O2. The summed E-state index contributed by atoms with van der Waals surface area (Å²) in [6, 6.07) is 3.16. The van der Waals surface area contributed by atoms with Gasteiger partial charge in [0.25, 0.3) is 5.56 Å². The number of aliphatic hydroxyl groups is 1. The lowest BCUT2D eigenvalue weighted by Crippen LogP contribution is -2.53. The SMILES string of the molecule is O=c1cccnn1CC(O)C12CC3CC(CC(C3)C1)C2. The summed E-state index contributed by atoms with van der Waals surface area (Å²) in [6.45, 7) is 0.353. The van der Waals surface area contributed by atoms with E-state index in [0.717, 1.165) is 37.0 Å². The van der Waals surface area contributed by atoms with Crippen molar-refractivity contribution in [3.8, 4) is 0 Å². The van der Waals surface area contributed by atoms with Crippen LogP contribution in [-0.2, 0) is 6.54 Å². The molecule has 108 valence electrons. The molecule has 1 N–H and O–H groups in total. The highest BCUT2D eigenvalue weighted by Gasteiger charge is 2.53. The quantitative estimate of drug-likeness (QED) is 0.914. The summed E-state index contributed by atoms with van der Waals surface area (Å²) < 4.78 is 1.42. The molecule has 0 amide bonds. The molecule has 4 aliphatic carbocycles. The molecule has 0 aliphatic heterocycles. The molecule has 1 unspecified atom stereocenters. The number of aliphatic hydroxyl groups excluding tert-OH is 1. The van der Waals surface area contributed by atoms with Crippen LogP contribution in [0.15, 0.2) is 23.1 Å². The van der Waals surface area contributed by atoms with Crippen LogP contribution in [0.1, 0.15) is 38.5 Å². The van der Waals surface area contributed by atoms with Gasteiger partial charge in [-0.05, 0) is 67.8 Å². The number of aromatic nitrogens is 2. The fourth-order valence-electron chi connectivity index (χ4n) is 5.47. The van der Waals surface area contributed by atoms with Crippen molar-refractivity contribution in [1.29, 1.82) is 0 Å². The number of nitrogens with zero attached hydrogens (tertiary/aromatic N) is 2. The van der Waals surface area contributed by atoms with Crippen molar-refractivity contribution >= 4 is 0 Å². The van der Waals surface area contributed by atoms with Gasteiger partial charge in [-0.3, -0.25) is 4.79 Å². The maximum absolute atomic E-state index is 11.8. The molecule has 5 rings (SSSR count). The van der Waals surface area contributed by atoms with Crippen LogP contribution in [0.25, 0.3) is 0 Å². The Kier molecular flexibility index (Phi) is 2.78. The summed E-state index contributed by atoms with van der Waals surface area (Å²) in [5, 5.41) is 14.9. The van der Waals surface area contributed by atoms with Gasteiger partial charge in [0.05, 0.1) is 12.6 Å². The summed E-state index contributed by atoms with van der Waals surface area (Å²) in [5.74, 6) is 2.45. The third-order valence-electron chi connectivity index (χ3n) is 5.92. The lowest BCUT2D eigenvalue weighted by Gasteiger charge is -2.58. The Labute approximate surface area is 118 Å². The summed E-state index contributed by atoms with van der Waals surface area (Å²) in [7, 11) is 0. The molecule has 4 saturated carbocycles. The fraction of sp³-hybridized carbons (Fsp3) is 0.750.